The van der Waals surface area contributed by atoms with Gasteiger partial charge in [-0.05, 0) is 42.8 Å². The summed E-state index contributed by atoms with van der Waals surface area (Å²) in [6.07, 6.45) is 0.791. The molecule has 2 aromatic rings. The first-order valence-electron chi connectivity index (χ1n) is 9.21. The quantitative estimate of drug-likeness (QED) is 0.854. The second-order valence-electron chi connectivity index (χ2n) is 7.02. The molecule has 2 saturated heterocycles. The largest absolute Gasteiger partial charge is 0.326 e. The highest BCUT2D eigenvalue weighted by Gasteiger charge is 2.35. The number of benzene rings is 2. The van der Waals surface area contributed by atoms with Gasteiger partial charge in [0.15, 0.2) is 0 Å². The van der Waals surface area contributed by atoms with E-state index in [2.05, 4.69) is 5.32 Å². The maximum absolute atomic E-state index is 12.6. The lowest BCUT2D eigenvalue weighted by atomic mass is 10.1. The summed E-state index contributed by atoms with van der Waals surface area (Å²) in [6.45, 7) is 0.826. The van der Waals surface area contributed by atoms with E-state index in [1.807, 2.05) is 30.3 Å². The van der Waals surface area contributed by atoms with Crippen LogP contribution in [-0.4, -0.2) is 39.1 Å². The minimum absolute atomic E-state index is 0.0686. The molecular weight excluding hydrogens is 378 g/mol. The highest BCUT2D eigenvalue weighted by Crippen LogP contribution is 2.27. The van der Waals surface area contributed by atoms with Gasteiger partial charge < -0.3 is 10.2 Å². The number of para-hydroxylation sites is 1. The van der Waals surface area contributed by atoms with Crippen LogP contribution in [0.1, 0.15) is 12.8 Å². The zero-order valence-electron chi connectivity index (χ0n) is 15.2. The number of nitrogens with one attached hydrogen (secondary N) is 1. The number of hydrogen-bond acceptors (Lipinski definition) is 4. The van der Waals surface area contributed by atoms with E-state index in [1.165, 1.54) is 4.31 Å². The molecule has 2 aliphatic rings. The molecule has 0 radical (unpaired) electrons. The van der Waals surface area contributed by atoms with Crippen LogP contribution in [0.5, 0.6) is 0 Å². The van der Waals surface area contributed by atoms with Crippen LogP contribution in [0.4, 0.5) is 17.1 Å². The maximum Gasteiger partial charge on any atom is 0.235 e. The minimum atomic E-state index is -3.22. The number of anilines is 3. The van der Waals surface area contributed by atoms with E-state index in [0.717, 1.165) is 5.69 Å². The van der Waals surface area contributed by atoms with Crippen LogP contribution in [0.25, 0.3) is 0 Å². The Morgan fingerprint density at radius 3 is 2.36 bits per heavy atom. The molecule has 1 unspecified atom stereocenters. The molecule has 1 atom stereocenters. The third kappa shape index (κ3) is 3.60. The van der Waals surface area contributed by atoms with Crippen molar-refractivity contribution in [3.8, 4) is 0 Å². The van der Waals surface area contributed by atoms with Gasteiger partial charge in [-0.25, -0.2) is 8.42 Å². The fourth-order valence-corrected chi connectivity index (χ4v) is 5.19. The van der Waals surface area contributed by atoms with E-state index in [0.29, 0.717) is 30.9 Å². The molecule has 7 nitrogen and oxygen atoms in total. The van der Waals surface area contributed by atoms with Crippen molar-refractivity contribution in [2.75, 3.05) is 33.4 Å². The van der Waals surface area contributed by atoms with Crippen molar-refractivity contribution in [1.82, 2.24) is 0 Å². The third-order valence-electron chi connectivity index (χ3n) is 5.09. The van der Waals surface area contributed by atoms with Gasteiger partial charge in [-0.1, -0.05) is 18.2 Å². The average molecular weight is 399 g/mol. The van der Waals surface area contributed by atoms with Gasteiger partial charge in [0.05, 0.1) is 17.4 Å². The first-order valence-corrected chi connectivity index (χ1v) is 10.8. The molecule has 4 rings (SSSR count). The molecular formula is C20H21N3O4S. The summed E-state index contributed by atoms with van der Waals surface area (Å²) in [5.74, 6) is -0.542. The van der Waals surface area contributed by atoms with Gasteiger partial charge in [0.2, 0.25) is 21.8 Å². The Bertz CT molecular complexity index is 990. The second kappa shape index (κ2) is 7.27. The number of carbonyl (C=O) groups is 2. The summed E-state index contributed by atoms with van der Waals surface area (Å²) in [4.78, 5) is 26.5. The molecule has 28 heavy (non-hydrogen) atoms. The molecule has 0 aliphatic carbocycles. The monoisotopic (exact) mass is 399 g/mol. The summed E-state index contributed by atoms with van der Waals surface area (Å²) in [5.41, 5.74) is 1.97. The van der Waals surface area contributed by atoms with Gasteiger partial charge in [0.1, 0.15) is 0 Å². The Kier molecular flexibility index (Phi) is 4.80. The van der Waals surface area contributed by atoms with Crippen molar-refractivity contribution in [3.05, 3.63) is 54.6 Å². The highest BCUT2D eigenvalue weighted by molar-refractivity contribution is 7.93. The molecule has 8 heteroatoms. The lowest BCUT2D eigenvalue weighted by molar-refractivity contribution is -0.122. The molecule has 0 bridgehead atoms. The zero-order valence-corrected chi connectivity index (χ0v) is 16.1. The Morgan fingerprint density at radius 2 is 1.71 bits per heavy atom. The molecule has 2 fully saturated rings. The summed E-state index contributed by atoms with van der Waals surface area (Å²) in [6, 6.07) is 16.1. The predicted molar refractivity (Wildman–Crippen MR) is 108 cm³/mol. The molecule has 0 saturated carbocycles. The zero-order chi connectivity index (χ0) is 19.7. The van der Waals surface area contributed by atoms with E-state index in [1.54, 1.807) is 29.2 Å². The fourth-order valence-electron chi connectivity index (χ4n) is 3.63. The Morgan fingerprint density at radius 1 is 1.00 bits per heavy atom. The van der Waals surface area contributed by atoms with Crippen LogP contribution in [0.3, 0.4) is 0 Å². The van der Waals surface area contributed by atoms with Crippen molar-refractivity contribution < 1.29 is 18.0 Å². The Hall–Kier alpha value is -2.87. The van der Waals surface area contributed by atoms with Crippen LogP contribution < -0.4 is 14.5 Å². The first kappa shape index (κ1) is 18.5. The Labute approximate surface area is 164 Å². The van der Waals surface area contributed by atoms with Crippen LogP contribution >= 0.6 is 0 Å². The minimum Gasteiger partial charge on any atom is -0.326 e. The van der Waals surface area contributed by atoms with Gasteiger partial charge in [-0.3, -0.25) is 13.9 Å². The van der Waals surface area contributed by atoms with Crippen LogP contribution in [0.15, 0.2) is 54.6 Å². The number of amides is 2. The van der Waals surface area contributed by atoms with Crippen molar-refractivity contribution in [2.45, 2.75) is 12.8 Å². The number of nitrogens with zero attached hydrogens (tertiary/aromatic N) is 2. The average Bonchev–Trinajstić information content (AvgIpc) is 3.25. The van der Waals surface area contributed by atoms with E-state index < -0.39 is 15.9 Å². The number of rotatable bonds is 4. The molecule has 2 aliphatic heterocycles. The summed E-state index contributed by atoms with van der Waals surface area (Å²) < 4.78 is 25.4. The predicted octanol–water partition coefficient (Wildman–Crippen LogP) is 2.22. The van der Waals surface area contributed by atoms with E-state index in [9.17, 15) is 18.0 Å². The summed E-state index contributed by atoms with van der Waals surface area (Å²) >= 11 is 0. The van der Waals surface area contributed by atoms with E-state index in [4.69, 9.17) is 0 Å². The molecule has 2 aromatic carbocycles. The topological polar surface area (TPSA) is 86.8 Å². The van der Waals surface area contributed by atoms with Gasteiger partial charge >= 0.3 is 0 Å². The summed E-state index contributed by atoms with van der Waals surface area (Å²) in [5, 5.41) is 2.83. The van der Waals surface area contributed by atoms with Crippen molar-refractivity contribution in [1.29, 1.82) is 0 Å². The normalized spacial score (nSPS) is 21.1. The third-order valence-corrected chi connectivity index (χ3v) is 6.96. The smallest absolute Gasteiger partial charge is 0.235 e. The van der Waals surface area contributed by atoms with Crippen molar-refractivity contribution in [2.24, 2.45) is 5.92 Å². The molecule has 0 spiro atoms. The van der Waals surface area contributed by atoms with Crippen LogP contribution in [0.2, 0.25) is 0 Å². The molecule has 0 aromatic heterocycles. The SMILES string of the molecule is O=C(Nc1ccc(N2CCCS2(=O)=O)cc1)C1CC(=O)N(c2ccccc2)C1. The van der Waals surface area contributed by atoms with Crippen LogP contribution in [-0.2, 0) is 19.6 Å². The standard InChI is InChI=1S/C20H21N3O4S/c24-19-13-15(14-22(19)17-5-2-1-3-6-17)20(25)21-16-7-9-18(10-8-16)23-11-4-12-28(23,26)27/h1-3,5-10,15H,4,11-14H2,(H,21,25). The van der Waals surface area contributed by atoms with Gasteiger partial charge in [0.25, 0.3) is 0 Å². The number of hydrogen-bond donors (Lipinski definition) is 1. The second-order valence-corrected chi connectivity index (χ2v) is 9.03. The highest BCUT2D eigenvalue weighted by atomic mass is 32.2. The van der Waals surface area contributed by atoms with E-state index >= 15 is 0 Å². The fraction of sp³-hybridized carbons (Fsp3) is 0.300. The van der Waals surface area contributed by atoms with E-state index in [-0.39, 0.29) is 24.0 Å². The Balaban J connectivity index is 1.41. The van der Waals surface area contributed by atoms with Crippen LogP contribution in [0, 0.1) is 5.92 Å². The lowest BCUT2D eigenvalue weighted by Gasteiger charge is -2.18. The maximum atomic E-state index is 12.6. The number of carbonyl (C=O) groups excluding carboxylic acids is 2. The van der Waals surface area contributed by atoms with Gasteiger partial charge in [0, 0.05) is 30.9 Å². The lowest BCUT2D eigenvalue weighted by Crippen LogP contribution is -2.28. The van der Waals surface area contributed by atoms with Crippen molar-refractivity contribution in [3.63, 3.8) is 0 Å². The molecule has 146 valence electrons. The molecule has 2 amide bonds. The van der Waals surface area contributed by atoms with Gasteiger partial charge in [-0.15, -0.1) is 0 Å². The first-order chi connectivity index (χ1) is 13.4. The molecule has 1 N–H and O–H groups in total. The number of sulfonamides is 1. The summed E-state index contributed by atoms with van der Waals surface area (Å²) in [7, 11) is -3.22. The van der Waals surface area contributed by atoms with Gasteiger partial charge in [-0.2, -0.15) is 0 Å². The molecule has 2 heterocycles. The van der Waals surface area contributed by atoms with Crippen molar-refractivity contribution >= 4 is 38.9 Å².